The zero-order valence-electron chi connectivity index (χ0n) is 9.31. The second kappa shape index (κ2) is 5.63. The first-order valence-electron chi connectivity index (χ1n) is 5.44. The number of rotatable bonds is 4. The van der Waals surface area contributed by atoms with Crippen LogP contribution in [0, 0.1) is 0 Å². The standard InChI is InChI=1S/C14H14OSi/c1-2-15-16-14-11-7-6-10-13(14)12-8-4-3-5-9-12/h3-11H,2H2,1H3. The van der Waals surface area contributed by atoms with Crippen LogP contribution in [0.25, 0.3) is 11.1 Å². The minimum Gasteiger partial charge on any atom is -0.412 e. The van der Waals surface area contributed by atoms with Gasteiger partial charge in [0.25, 0.3) is 9.76 Å². The lowest BCUT2D eigenvalue weighted by molar-refractivity contribution is 0.367. The Morgan fingerprint density at radius 2 is 1.62 bits per heavy atom. The van der Waals surface area contributed by atoms with E-state index in [0.29, 0.717) is 9.76 Å². The van der Waals surface area contributed by atoms with Crippen LogP contribution >= 0.6 is 0 Å². The van der Waals surface area contributed by atoms with Crippen LogP contribution in [0.5, 0.6) is 0 Å². The van der Waals surface area contributed by atoms with Gasteiger partial charge in [0.1, 0.15) is 0 Å². The molecule has 2 heteroatoms. The molecule has 1 nitrogen and oxygen atoms in total. The van der Waals surface area contributed by atoms with Crippen LogP contribution < -0.4 is 5.19 Å². The van der Waals surface area contributed by atoms with E-state index in [4.69, 9.17) is 4.43 Å². The molecule has 0 spiro atoms. The van der Waals surface area contributed by atoms with Gasteiger partial charge in [-0.1, -0.05) is 54.6 Å². The fourth-order valence-corrected chi connectivity index (χ4v) is 2.39. The lowest BCUT2D eigenvalue weighted by atomic mass is 10.1. The van der Waals surface area contributed by atoms with Crippen molar-refractivity contribution in [2.24, 2.45) is 0 Å². The van der Waals surface area contributed by atoms with Crippen molar-refractivity contribution in [2.45, 2.75) is 6.92 Å². The lowest BCUT2D eigenvalue weighted by Gasteiger charge is -2.08. The molecule has 0 bridgehead atoms. The summed E-state index contributed by atoms with van der Waals surface area (Å²) in [6, 6.07) is 18.9. The second-order valence-corrected chi connectivity index (χ2v) is 4.48. The predicted molar refractivity (Wildman–Crippen MR) is 68.9 cm³/mol. The summed E-state index contributed by atoms with van der Waals surface area (Å²) in [5.74, 6) is 0. The molecule has 0 saturated carbocycles. The fourth-order valence-electron chi connectivity index (χ4n) is 1.59. The van der Waals surface area contributed by atoms with E-state index in [1.54, 1.807) is 0 Å². The lowest BCUT2D eigenvalue weighted by Crippen LogP contribution is -2.19. The van der Waals surface area contributed by atoms with Crippen molar-refractivity contribution in [2.75, 3.05) is 6.61 Å². The highest BCUT2D eigenvalue weighted by atomic mass is 28.2. The van der Waals surface area contributed by atoms with Crippen molar-refractivity contribution in [1.82, 2.24) is 0 Å². The third-order valence-electron chi connectivity index (χ3n) is 2.34. The van der Waals surface area contributed by atoms with Gasteiger partial charge in [-0.05, 0) is 23.2 Å². The van der Waals surface area contributed by atoms with Gasteiger partial charge in [0, 0.05) is 6.61 Å². The number of hydrogen-bond donors (Lipinski definition) is 0. The molecule has 0 fully saturated rings. The molecule has 0 aromatic heterocycles. The largest absolute Gasteiger partial charge is 0.412 e. The van der Waals surface area contributed by atoms with Crippen LogP contribution in [0.4, 0.5) is 0 Å². The van der Waals surface area contributed by atoms with E-state index in [0.717, 1.165) is 6.61 Å². The molecule has 2 radical (unpaired) electrons. The van der Waals surface area contributed by atoms with Gasteiger partial charge in [-0.3, -0.25) is 0 Å². The highest BCUT2D eigenvalue weighted by Crippen LogP contribution is 2.15. The highest BCUT2D eigenvalue weighted by molar-refractivity contribution is 6.49. The first-order chi connectivity index (χ1) is 7.92. The van der Waals surface area contributed by atoms with Gasteiger partial charge in [0.15, 0.2) is 0 Å². The average Bonchev–Trinajstić information content (AvgIpc) is 2.38. The number of hydrogen-bond acceptors (Lipinski definition) is 1. The molecular formula is C14H14OSi. The summed E-state index contributed by atoms with van der Waals surface area (Å²) >= 11 is 0. The summed E-state index contributed by atoms with van der Waals surface area (Å²) < 4.78 is 5.51. The van der Waals surface area contributed by atoms with Gasteiger partial charge in [0.2, 0.25) is 0 Å². The van der Waals surface area contributed by atoms with Gasteiger partial charge in [-0.25, -0.2) is 0 Å². The fraction of sp³-hybridized carbons (Fsp3) is 0.143. The van der Waals surface area contributed by atoms with Gasteiger partial charge in [0.05, 0.1) is 0 Å². The molecule has 2 aromatic carbocycles. The molecule has 16 heavy (non-hydrogen) atoms. The maximum atomic E-state index is 5.51. The molecule has 0 unspecified atom stereocenters. The summed E-state index contributed by atoms with van der Waals surface area (Å²) in [7, 11) is 0.429. The molecule has 0 aliphatic carbocycles. The normalized spacial score (nSPS) is 10.3. The third kappa shape index (κ3) is 2.59. The average molecular weight is 226 g/mol. The van der Waals surface area contributed by atoms with E-state index in [-0.39, 0.29) is 0 Å². The zero-order valence-corrected chi connectivity index (χ0v) is 10.3. The van der Waals surface area contributed by atoms with Crippen LogP contribution in [-0.2, 0) is 4.43 Å². The van der Waals surface area contributed by atoms with Gasteiger partial charge in [-0.15, -0.1) is 0 Å². The van der Waals surface area contributed by atoms with Crippen molar-refractivity contribution in [3.8, 4) is 11.1 Å². The molecule has 0 atom stereocenters. The summed E-state index contributed by atoms with van der Waals surface area (Å²) in [6.45, 7) is 2.79. The van der Waals surface area contributed by atoms with E-state index in [1.165, 1.54) is 16.3 Å². The SMILES string of the molecule is CCO[Si]c1ccccc1-c1ccccc1. The summed E-state index contributed by atoms with van der Waals surface area (Å²) in [5, 5.41) is 1.27. The first-order valence-corrected chi connectivity index (χ1v) is 6.35. The smallest absolute Gasteiger partial charge is 0.269 e. The molecule has 2 aromatic rings. The minimum absolute atomic E-state index is 0.429. The van der Waals surface area contributed by atoms with E-state index in [2.05, 4.69) is 48.5 Å². The molecule has 0 amide bonds. The number of benzene rings is 2. The molecule has 80 valence electrons. The topological polar surface area (TPSA) is 9.23 Å². The summed E-state index contributed by atoms with van der Waals surface area (Å²) in [6.07, 6.45) is 0. The first kappa shape index (κ1) is 11.1. The van der Waals surface area contributed by atoms with Crippen LogP contribution in [0.3, 0.4) is 0 Å². The Labute approximate surface area is 99.0 Å². The third-order valence-corrected chi connectivity index (χ3v) is 3.43. The minimum atomic E-state index is 0.429. The van der Waals surface area contributed by atoms with Crippen molar-refractivity contribution < 1.29 is 4.43 Å². The Hall–Kier alpha value is -1.38. The Balaban J connectivity index is 2.33. The molecule has 0 aliphatic heterocycles. The summed E-state index contributed by atoms with van der Waals surface area (Å²) in [4.78, 5) is 0. The van der Waals surface area contributed by atoms with Crippen molar-refractivity contribution in [3.63, 3.8) is 0 Å². The maximum absolute atomic E-state index is 5.51. The predicted octanol–water partition coefficient (Wildman–Crippen LogP) is 2.63. The molecule has 2 rings (SSSR count). The van der Waals surface area contributed by atoms with Crippen molar-refractivity contribution in [3.05, 3.63) is 54.6 Å². The van der Waals surface area contributed by atoms with Gasteiger partial charge >= 0.3 is 0 Å². The molecular weight excluding hydrogens is 212 g/mol. The molecule has 0 aliphatic rings. The van der Waals surface area contributed by atoms with Crippen LogP contribution in [-0.4, -0.2) is 16.4 Å². The van der Waals surface area contributed by atoms with Gasteiger partial charge < -0.3 is 4.43 Å². The van der Waals surface area contributed by atoms with Gasteiger partial charge in [-0.2, -0.15) is 0 Å². The second-order valence-electron chi connectivity index (χ2n) is 3.45. The van der Waals surface area contributed by atoms with E-state index >= 15 is 0 Å². The van der Waals surface area contributed by atoms with Crippen molar-refractivity contribution >= 4 is 14.9 Å². The van der Waals surface area contributed by atoms with Crippen LogP contribution in [0.15, 0.2) is 54.6 Å². The molecule has 0 N–H and O–H groups in total. The van der Waals surface area contributed by atoms with E-state index in [1.807, 2.05) is 13.0 Å². The monoisotopic (exact) mass is 226 g/mol. The molecule has 0 heterocycles. The Kier molecular flexibility index (Phi) is 3.91. The van der Waals surface area contributed by atoms with E-state index < -0.39 is 0 Å². The van der Waals surface area contributed by atoms with E-state index in [9.17, 15) is 0 Å². The molecule has 0 saturated heterocycles. The van der Waals surface area contributed by atoms with Crippen molar-refractivity contribution in [1.29, 1.82) is 0 Å². The Morgan fingerprint density at radius 3 is 2.38 bits per heavy atom. The Bertz CT molecular complexity index is 439. The summed E-state index contributed by atoms with van der Waals surface area (Å²) in [5.41, 5.74) is 2.53. The Morgan fingerprint density at radius 1 is 0.938 bits per heavy atom. The highest BCUT2D eigenvalue weighted by Gasteiger charge is 2.04. The quantitative estimate of drug-likeness (QED) is 0.728. The zero-order chi connectivity index (χ0) is 11.2. The van der Waals surface area contributed by atoms with Crippen LogP contribution in [0.1, 0.15) is 6.92 Å². The maximum Gasteiger partial charge on any atom is 0.269 e. The van der Waals surface area contributed by atoms with Crippen LogP contribution in [0.2, 0.25) is 0 Å².